The van der Waals surface area contributed by atoms with Gasteiger partial charge in [-0.3, -0.25) is 4.79 Å². The van der Waals surface area contributed by atoms with Crippen molar-refractivity contribution in [3.8, 4) is 0 Å². The van der Waals surface area contributed by atoms with Gasteiger partial charge in [-0.2, -0.15) is 0 Å². The maximum atomic E-state index is 12.9. The number of esters is 1. The lowest BCUT2D eigenvalue weighted by molar-refractivity contribution is -0.138. The van der Waals surface area contributed by atoms with Gasteiger partial charge in [0.15, 0.2) is 0 Å². The highest BCUT2D eigenvalue weighted by molar-refractivity contribution is 5.96. The van der Waals surface area contributed by atoms with Gasteiger partial charge in [0.25, 0.3) is 5.91 Å². The first-order chi connectivity index (χ1) is 14.1. The zero-order valence-corrected chi connectivity index (χ0v) is 17.1. The molecule has 0 spiro atoms. The van der Waals surface area contributed by atoms with E-state index in [-0.39, 0.29) is 18.4 Å². The third kappa shape index (κ3) is 5.47. The van der Waals surface area contributed by atoms with Crippen LogP contribution in [0, 0.1) is 6.92 Å². The van der Waals surface area contributed by atoms with Crippen molar-refractivity contribution in [2.75, 3.05) is 26.2 Å². The molecule has 1 aliphatic rings. The summed E-state index contributed by atoms with van der Waals surface area (Å²) in [5, 5.41) is 3.41. The molecular weight excluding hydrogens is 364 g/mol. The van der Waals surface area contributed by atoms with Crippen LogP contribution in [0.1, 0.15) is 34.8 Å². The molecule has 0 aliphatic carbocycles. The number of nitrogens with one attached hydrogen (secondary N) is 1. The Morgan fingerprint density at radius 2 is 1.79 bits per heavy atom. The maximum Gasteiger partial charge on any atom is 0.337 e. The van der Waals surface area contributed by atoms with Crippen LogP contribution < -0.4 is 5.32 Å². The van der Waals surface area contributed by atoms with Crippen LogP contribution in [0.3, 0.4) is 0 Å². The number of hydrogen-bond donors (Lipinski definition) is 1. The van der Waals surface area contributed by atoms with E-state index in [1.165, 1.54) is 5.56 Å². The van der Waals surface area contributed by atoms with Gasteiger partial charge in [0.2, 0.25) is 0 Å². The Balaban J connectivity index is 1.71. The van der Waals surface area contributed by atoms with Gasteiger partial charge in [0.1, 0.15) is 0 Å². The van der Waals surface area contributed by atoms with E-state index in [2.05, 4.69) is 17.4 Å². The monoisotopic (exact) mass is 392 g/mol. The summed E-state index contributed by atoms with van der Waals surface area (Å²) < 4.78 is 5.25. The Bertz CT molecular complexity index is 873. The van der Waals surface area contributed by atoms with E-state index in [0.717, 1.165) is 24.2 Å². The van der Waals surface area contributed by atoms with Gasteiger partial charge >= 0.3 is 5.97 Å². The second-order valence-corrected chi connectivity index (χ2v) is 7.18. The van der Waals surface area contributed by atoms with Gasteiger partial charge in [-0.15, -0.1) is 0 Å². The third-order valence-electron chi connectivity index (χ3n) is 5.05. The van der Waals surface area contributed by atoms with Crippen LogP contribution in [0.25, 0.3) is 0 Å². The van der Waals surface area contributed by atoms with Crippen LogP contribution in [0.5, 0.6) is 0 Å². The zero-order chi connectivity index (χ0) is 20.6. The van der Waals surface area contributed by atoms with Gasteiger partial charge in [-0.05, 0) is 38.0 Å². The first-order valence-electron chi connectivity index (χ1n) is 10.1. The van der Waals surface area contributed by atoms with Crippen molar-refractivity contribution in [1.29, 1.82) is 0 Å². The minimum Gasteiger partial charge on any atom is -0.463 e. The number of amides is 1. The molecule has 1 amide bonds. The number of aryl methyl sites for hydroxylation is 1. The lowest BCUT2D eigenvalue weighted by Crippen LogP contribution is -2.41. The molecular formula is C24H28N2O3. The Kier molecular flexibility index (Phi) is 7.06. The number of benzene rings is 2. The summed E-state index contributed by atoms with van der Waals surface area (Å²) >= 11 is 0. The Morgan fingerprint density at radius 3 is 2.48 bits per heavy atom. The van der Waals surface area contributed by atoms with Crippen LogP contribution in [0.4, 0.5) is 0 Å². The Morgan fingerprint density at radius 1 is 1.07 bits per heavy atom. The van der Waals surface area contributed by atoms with Crippen molar-refractivity contribution in [2.24, 2.45) is 0 Å². The number of carbonyl (C=O) groups is 2. The third-order valence-corrected chi connectivity index (χ3v) is 5.05. The predicted octanol–water partition coefficient (Wildman–Crippen LogP) is 3.49. The molecule has 0 bridgehead atoms. The lowest BCUT2D eigenvalue weighted by atomic mass is 10.0. The average Bonchev–Trinajstić information content (AvgIpc) is 2.75. The largest absolute Gasteiger partial charge is 0.463 e. The van der Waals surface area contributed by atoms with Gasteiger partial charge in [-0.25, -0.2) is 4.79 Å². The summed E-state index contributed by atoms with van der Waals surface area (Å²) in [5.74, 6) is -0.411. The van der Waals surface area contributed by atoms with E-state index in [4.69, 9.17) is 4.74 Å². The minimum absolute atomic E-state index is 0.0601. The summed E-state index contributed by atoms with van der Waals surface area (Å²) in [7, 11) is 0. The molecule has 0 unspecified atom stereocenters. The fourth-order valence-electron chi connectivity index (χ4n) is 3.42. The molecule has 3 rings (SSSR count). The normalized spacial score (nSPS) is 13.9. The van der Waals surface area contributed by atoms with Crippen molar-refractivity contribution in [1.82, 2.24) is 10.2 Å². The van der Waals surface area contributed by atoms with E-state index in [1.807, 2.05) is 49.4 Å². The standard InChI is InChI=1S/C24H28N2O3/c1-3-29-24(28)21-17-26(23(27)20-11-9-18(2)10-12-20)16-14-22(21)25-15-13-19-7-5-4-6-8-19/h4-12,25H,3,13-17H2,1-2H3. The topological polar surface area (TPSA) is 58.6 Å². The fraction of sp³-hybridized carbons (Fsp3) is 0.333. The predicted molar refractivity (Wildman–Crippen MR) is 114 cm³/mol. The van der Waals surface area contributed by atoms with Crippen molar-refractivity contribution >= 4 is 11.9 Å². The van der Waals surface area contributed by atoms with E-state index in [0.29, 0.717) is 30.7 Å². The first-order valence-corrected chi connectivity index (χ1v) is 10.1. The Labute approximate surface area is 172 Å². The summed E-state index contributed by atoms with van der Waals surface area (Å²) in [6.45, 7) is 5.66. The molecule has 0 saturated carbocycles. The maximum absolute atomic E-state index is 12.9. The van der Waals surface area contributed by atoms with Crippen LogP contribution in [0.15, 0.2) is 65.9 Å². The molecule has 0 saturated heterocycles. The van der Waals surface area contributed by atoms with Crippen LogP contribution >= 0.6 is 0 Å². The molecule has 2 aromatic rings. The number of carbonyl (C=O) groups excluding carboxylic acids is 2. The number of ether oxygens (including phenoxy) is 1. The summed E-state index contributed by atoms with van der Waals surface area (Å²) in [6, 6.07) is 17.7. The Hall–Kier alpha value is -3.08. The molecule has 0 radical (unpaired) electrons. The van der Waals surface area contributed by atoms with Crippen molar-refractivity contribution in [2.45, 2.75) is 26.7 Å². The highest BCUT2D eigenvalue weighted by Crippen LogP contribution is 2.20. The molecule has 2 aromatic carbocycles. The molecule has 5 nitrogen and oxygen atoms in total. The number of rotatable bonds is 7. The van der Waals surface area contributed by atoms with Gasteiger partial charge < -0.3 is 15.0 Å². The zero-order valence-electron chi connectivity index (χ0n) is 17.1. The summed E-state index contributed by atoms with van der Waals surface area (Å²) in [6.07, 6.45) is 1.48. The number of hydrogen-bond acceptors (Lipinski definition) is 4. The van der Waals surface area contributed by atoms with Crippen LogP contribution in [-0.4, -0.2) is 43.0 Å². The summed E-state index contributed by atoms with van der Waals surface area (Å²) in [4.78, 5) is 27.1. The molecule has 0 atom stereocenters. The van der Waals surface area contributed by atoms with Crippen molar-refractivity contribution in [3.05, 3.63) is 82.6 Å². The van der Waals surface area contributed by atoms with E-state index < -0.39 is 0 Å². The SMILES string of the molecule is CCOC(=O)C1=C(NCCc2ccccc2)CCN(C(=O)c2ccc(C)cc2)C1. The minimum atomic E-state index is -0.351. The van der Waals surface area contributed by atoms with Gasteiger partial charge in [-0.1, -0.05) is 48.0 Å². The van der Waals surface area contributed by atoms with E-state index in [1.54, 1.807) is 11.8 Å². The number of nitrogens with zero attached hydrogens (tertiary/aromatic N) is 1. The van der Waals surface area contributed by atoms with Crippen molar-refractivity contribution in [3.63, 3.8) is 0 Å². The fourth-order valence-corrected chi connectivity index (χ4v) is 3.42. The highest BCUT2D eigenvalue weighted by Gasteiger charge is 2.28. The molecule has 1 N–H and O–H groups in total. The quantitative estimate of drug-likeness (QED) is 0.733. The second-order valence-electron chi connectivity index (χ2n) is 7.18. The molecule has 0 fully saturated rings. The van der Waals surface area contributed by atoms with Gasteiger partial charge in [0, 0.05) is 30.8 Å². The highest BCUT2D eigenvalue weighted by atomic mass is 16.5. The average molecular weight is 392 g/mol. The second kappa shape index (κ2) is 9.92. The lowest BCUT2D eigenvalue weighted by Gasteiger charge is -2.30. The molecule has 152 valence electrons. The molecule has 5 heteroatoms. The van der Waals surface area contributed by atoms with Gasteiger partial charge in [0.05, 0.1) is 18.7 Å². The van der Waals surface area contributed by atoms with E-state index >= 15 is 0 Å². The smallest absolute Gasteiger partial charge is 0.337 e. The van der Waals surface area contributed by atoms with Crippen LogP contribution in [0.2, 0.25) is 0 Å². The molecule has 0 aromatic heterocycles. The summed E-state index contributed by atoms with van der Waals surface area (Å²) in [5.41, 5.74) is 4.42. The van der Waals surface area contributed by atoms with Crippen molar-refractivity contribution < 1.29 is 14.3 Å². The first kappa shape index (κ1) is 20.6. The molecule has 29 heavy (non-hydrogen) atoms. The van der Waals surface area contributed by atoms with Crippen LogP contribution in [-0.2, 0) is 16.0 Å². The molecule has 1 heterocycles. The molecule has 1 aliphatic heterocycles. The van der Waals surface area contributed by atoms with E-state index in [9.17, 15) is 9.59 Å².